The molecule has 0 aromatic heterocycles. The first-order chi connectivity index (χ1) is 30.2. The molecule has 0 rings (SSSR count). The third-order valence-electron chi connectivity index (χ3n) is 12.9. The molecule has 0 aromatic carbocycles. The second-order valence-corrected chi connectivity index (χ2v) is 19.2. The lowest BCUT2D eigenvalue weighted by molar-refractivity contribution is -0.143. The monoisotopic (exact) mass is 881 g/mol. The minimum atomic E-state index is -0.000869. The summed E-state index contributed by atoms with van der Waals surface area (Å²) in [4.78, 5) is 17.2. The van der Waals surface area contributed by atoms with E-state index in [-0.39, 0.29) is 12.6 Å². The number of rotatable bonds is 53. The molecule has 0 heterocycles. The Morgan fingerprint density at radius 3 is 1.08 bits per heavy atom. The number of carbonyl (C=O) groups is 1. The van der Waals surface area contributed by atoms with Crippen LogP contribution < -0.4 is 0 Å². The highest BCUT2D eigenvalue weighted by Crippen LogP contribution is 2.15. The Kier molecular flexibility index (Phi) is 53.2. The number of hydrogen-bond donors (Lipinski definition) is 1. The zero-order valence-electron chi connectivity index (χ0n) is 41.5. The van der Waals surface area contributed by atoms with E-state index >= 15 is 0 Å². The predicted octanol–water partition coefficient (Wildman–Crippen LogP) is 17.0. The minimum absolute atomic E-state index is 0.000869. The van der Waals surface area contributed by atoms with Crippen LogP contribution in [0.2, 0.25) is 0 Å². The largest absolute Gasteiger partial charge is 0.466 e. The molecule has 0 radical (unpaired) electrons. The molecule has 364 valence electrons. The van der Waals surface area contributed by atoms with Gasteiger partial charge >= 0.3 is 5.97 Å². The summed E-state index contributed by atoms with van der Waals surface area (Å²) in [5.74, 6) is 0.748. The highest BCUT2D eigenvalue weighted by atomic mass is 35.5. The van der Waals surface area contributed by atoms with E-state index in [4.69, 9.17) is 16.3 Å². The second-order valence-electron chi connectivity index (χ2n) is 18.8. The fraction of sp³-hybridized carbons (Fsp3) is 0.945. The van der Waals surface area contributed by atoms with E-state index < -0.39 is 0 Å². The van der Waals surface area contributed by atoms with E-state index in [1.165, 1.54) is 251 Å². The van der Waals surface area contributed by atoms with Crippen molar-refractivity contribution in [1.82, 2.24) is 9.80 Å². The number of alkyl halides is 1. The first kappa shape index (κ1) is 60.4. The Balaban J connectivity index is 3.51. The molecule has 0 bridgehead atoms. The SMILES string of the molecule is CCCCCCCC/C=C\CCCCCCCCN(CCCl)CCCCCCCCCCCOC(=O)CCCCCCCCCN(CCO)CCCCCCCCCCCC. The molecule has 0 aromatic rings. The zero-order chi connectivity index (χ0) is 44.2. The van der Waals surface area contributed by atoms with Gasteiger partial charge < -0.3 is 19.6 Å². The van der Waals surface area contributed by atoms with Gasteiger partial charge in [-0.1, -0.05) is 219 Å². The predicted molar refractivity (Wildman–Crippen MR) is 271 cm³/mol. The maximum absolute atomic E-state index is 12.2. The lowest BCUT2D eigenvalue weighted by atomic mass is 10.1. The molecule has 5 nitrogen and oxygen atoms in total. The van der Waals surface area contributed by atoms with Crippen molar-refractivity contribution in [1.29, 1.82) is 0 Å². The van der Waals surface area contributed by atoms with Crippen LogP contribution in [0.4, 0.5) is 0 Å². The lowest BCUT2D eigenvalue weighted by Gasteiger charge is -2.21. The first-order valence-corrected chi connectivity index (χ1v) is 28.1. The van der Waals surface area contributed by atoms with Crippen molar-refractivity contribution < 1.29 is 14.6 Å². The second kappa shape index (κ2) is 53.7. The van der Waals surface area contributed by atoms with Crippen molar-refractivity contribution in [2.45, 2.75) is 277 Å². The van der Waals surface area contributed by atoms with Crippen LogP contribution in [0.25, 0.3) is 0 Å². The molecular weight excluding hydrogens is 772 g/mol. The minimum Gasteiger partial charge on any atom is -0.466 e. The summed E-state index contributed by atoms with van der Waals surface area (Å²) in [5.41, 5.74) is 0. The van der Waals surface area contributed by atoms with Gasteiger partial charge in [0.15, 0.2) is 0 Å². The van der Waals surface area contributed by atoms with Gasteiger partial charge in [0.1, 0.15) is 0 Å². The zero-order valence-corrected chi connectivity index (χ0v) is 42.3. The van der Waals surface area contributed by atoms with Crippen LogP contribution >= 0.6 is 11.6 Å². The van der Waals surface area contributed by atoms with Crippen LogP contribution in [-0.4, -0.2) is 79.2 Å². The van der Waals surface area contributed by atoms with Crippen LogP contribution in [0.1, 0.15) is 277 Å². The number of halogens is 1. The standard InChI is InChI=1S/C55H109ClN2O3/c1-3-5-7-9-11-13-15-16-17-18-19-20-23-28-34-40-47-57(51-46-56)48-41-35-29-24-21-25-32-38-44-54-61-55(60)45-39-33-27-26-31-37-43-50-58(52-53-59)49-42-36-30-22-14-12-10-8-6-4-2/h16-17,59H,3-15,18-54H2,1-2H3/b17-16-. The van der Waals surface area contributed by atoms with Crippen molar-refractivity contribution in [3.05, 3.63) is 12.2 Å². The average Bonchev–Trinajstić information content (AvgIpc) is 3.26. The van der Waals surface area contributed by atoms with Gasteiger partial charge in [-0.2, -0.15) is 0 Å². The molecule has 0 aliphatic rings. The number of aliphatic hydroxyl groups is 1. The number of ether oxygens (including phenoxy) is 1. The fourth-order valence-corrected chi connectivity index (χ4v) is 9.00. The fourth-order valence-electron chi connectivity index (χ4n) is 8.76. The highest BCUT2D eigenvalue weighted by molar-refractivity contribution is 6.18. The molecule has 1 N–H and O–H groups in total. The summed E-state index contributed by atoms with van der Waals surface area (Å²) in [6, 6.07) is 0. The molecule has 0 aliphatic carbocycles. The van der Waals surface area contributed by atoms with Crippen LogP contribution in [0.15, 0.2) is 12.2 Å². The quantitative estimate of drug-likeness (QED) is 0.0285. The van der Waals surface area contributed by atoms with Gasteiger partial charge in [-0.05, 0) is 90.4 Å². The Bertz CT molecular complexity index is 857. The molecule has 0 saturated heterocycles. The number of nitrogens with zero attached hydrogens (tertiary/aromatic N) is 2. The van der Waals surface area contributed by atoms with Crippen molar-refractivity contribution >= 4 is 17.6 Å². The average molecular weight is 882 g/mol. The summed E-state index contributed by atoms with van der Waals surface area (Å²) >= 11 is 6.14. The normalized spacial score (nSPS) is 11.9. The molecule has 0 fully saturated rings. The van der Waals surface area contributed by atoms with Crippen molar-refractivity contribution in [2.24, 2.45) is 0 Å². The number of aliphatic hydroxyl groups excluding tert-OH is 1. The number of carbonyl (C=O) groups excluding carboxylic acids is 1. The number of unbranched alkanes of at least 4 members (excludes halogenated alkanes) is 35. The summed E-state index contributed by atoms with van der Waals surface area (Å²) in [6.07, 6.45) is 58.1. The Labute approximate surface area is 388 Å². The molecule has 0 saturated carbocycles. The van der Waals surface area contributed by atoms with E-state index in [1.54, 1.807) is 0 Å². The van der Waals surface area contributed by atoms with Gasteiger partial charge in [-0.25, -0.2) is 0 Å². The van der Waals surface area contributed by atoms with E-state index in [0.717, 1.165) is 51.3 Å². The molecule has 0 unspecified atom stereocenters. The number of esters is 1. The topological polar surface area (TPSA) is 53.0 Å². The van der Waals surface area contributed by atoms with Crippen LogP contribution in [0.3, 0.4) is 0 Å². The van der Waals surface area contributed by atoms with E-state index in [2.05, 4.69) is 35.8 Å². The number of allylic oxidation sites excluding steroid dienone is 2. The molecule has 0 aliphatic heterocycles. The summed E-state index contributed by atoms with van der Waals surface area (Å²) < 4.78 is 5.52. The van der Waals surface area contributed by atoms with Gasteiger partial charge in [0.2, 0.25) is 0 Å². The van der Waals surface area contributed by atoms with Crippen LogP contribution in [-0.2, 0) is 9.53 Å². The van der Waals surface area contributed by atoms with Crippen molar-refractivity contribution in [3.8, 4) is 0 Å². The van der Waals surface area contributed by atoms with Crippen molar-refractivity contribution in [3.63, 3.8) is 0 Å². The Morgan fingerprint density at radius 2 is 0.721 bits per heavy atom. The Morgan fingerprint density at radius 1 is 0.410 bits per heavy atom. The van der Waals surface area contributed by atoms with Crippen LogP contribution in [0.5, 0.6) is 0 Å². The molecule has 0 atom stereocenters. The van der Waals surface area contributed by atoms with Crippen molar-refractivity contribution in [2.75, 3.05) is 58.4 Å². The van der Waals surface area contributed by atoms with Gasteiger partial charge in [0.25, 0.3) is 0 Å². The molecular formula is C55H109ClN2O3. The van der Waals surface area contributed by atoms with Gasteiger partial charge in [0.05, 0.1) is 13.2 Å². The van der Waals surface area contributed by atoms with Crippen LogP contribution in [0, 0.1) is 0 Å². The molecule has 0 amide bonds. The lowest BCUT2D eigenvalue weighted by Crippen LogP contribution is -2.29. The van der Waals surface area contributed by atoms with E-state index in [0.29, 0.717) is 13.0 Å². The molecule has 61 heavy (non-hydrogen) atoms. The maximum atomic E-state index is 12.2. The third kappa shape index (κ3) is 50.2. The van der Waals surface area contributed by atoms with Gasteiger partial charge in [-0.15, -0.1) is 11.6 Å². The van der Waals surface area contributed by atoms with Gasteiger partial charge in [-0.3, -0.25) is 4.79 Å². The maximum Gasteiger partial charge on any atom is 0.305 e. The van der Waals surface area contributed by atoms with Gasteiger partial charge in [0, 0.05) is 25.4 Å². The number of hydrogen-bond acceptors (Lipinski definition) is 5. The summed E-state index contributed by atoms with van der Waals surface area (Å²) in [5, 5.41) is 9.49. The van der Waals surface area contributed by atoms with E-state index in [1.807, 2.05) is 0 Å². The highest BCUT2D eigenvalue weighted by Gasteiger charge is 2.07. The summed E-state index contributed by atoms with van der Waals surface area (Å²) in [7, 11) is 0. The summed E-state index contributed by atoms with van der Waals surface area (Å²) in [6.45, 7) is 12.0. The molecule has 0 spiro atoms. The van der Waals surface area contributed by atoms with E-state index in [9.17, 15) is 9.90 Å². The smallest absolute Gasteiger partial charge is 0.305 e. The third-order valence-corrected chi connectivity index (χ3v) is 13.0. The first-order valence-electron chi connectivity index (χ1n) is 27.6. The molecule has 6 heteroatoms. The Hall–Kier alpha value is -0.620.